The van der Waals surface area contributed by atoms with Crippen LogP contribution in [0.25, 0.3) is 0 Å². The first kappa shape index (κ1) is 17.6. The van der Waals surface area contributed by atoms with E-state index in [-0.39, 0.29) is 17.9 Å². The zero-order valence-corrected chi connectivity index (χ0v) is 14.8. The van der Waals surface area contributed by atoms with Crippen molar-refractivity contribution in [3.8, 4) is 0 Å². The highest BCUT2D eigenvalue weighted by Crippen LogP contribution is 2.19. The van der Waals surface area contributed by atoms with Crippen LogP contribution in [0.1, 0.15) is 26.2 Å². The maximum atomic E-state index is 12.2. The molecule has 0 aromatic heterocycles. The molecular formula is C17H31N5O2. The molecule has 24 heavy (non-hydrogen) atoms. The Bertz CT molecular complexity index is 440. The molecule has 0 bridgehead atoms. The summed E-state index contributed by atoms with van der Waals surface area (Å²) in [6.07, 6.45) is 2.87. The fourth-order valence-electron chi connectivity index (χ4n) is 3.42. The Hall–Kier alpha value is -1.18. The topological polar surface area (TPSA) is 67.9 Å². The van der Waals surface area contributed by atoms with Crippen molar-refractivity contribution in [2.24, 2.45) is 0 Å². The van der Waals surface area contributed by atoms with Gasteiger partial charge in [-0.3, -0.25) is 14.5 Å². The summed E-state index contributed by atoms with van der Waals surface area (Å²) in [6, 6.07) is 0.382. The number of hydrogen-bond acceptors (Lipinski definition) is 5. The highest BCUT2D eigenvalue weighted by molar-refractivity contribution is 5.81. The van der Waals surface area contributed by atoms with E-state index in [2.05, 4.69) is 20.4 Å². The van der Waals surface area contributed by atoms with Gasteiger partial charge < -0.3 is 20.4 Å². The van der Waals surface area contributed by atoms with Crippen molar-refractivity contribution in [2.75, 3.05) is 58.9 Å². The van der Waals surface area contributed by atoms with Gasteiger partial charge in [0.15, 0.2) is 0 Å². The lowest BCUT2D eigenvalue weighted by Gasteiger charge is -2.37. The number of nitrogens with one attached hydrogen (secondary N) is 2. The number of piperazine rings is 2. The number of hydrogen-bond donors (Lipinski definition) is 2. The van der Waals surface area contributed by atoms with Crippen molar-refractivity contribution in [2.45, 2.75) is 38.3 Å². The van der Waals surface area contributed by atoms with Crippen LogP contribution in [0.15, 0.2) is 0 Å². The first-order valence-electron chi connectivity index (χ1n) is 9.39. The third-order valence-corrected chi connectivity index (χ3v) is 5.37. The van der Waals surface area contributed by atoms with Gasteiger partial charge in [-0.15, -0.1) is 0 Å². The van der Waals surface area contributed by atoms with Gasteiger partial charge in [0.2, 0.25) is 11.8 Å². The smallest absolute Gasteiger partial charge is 0.237 e. The van der Waals surface area contributed by atoms with Crippen LogP contribution in [-0.4, -0.2) is 97.5 Å². The summed E-state index contributed by atoms with van der Waals surface area (Å²) in [5.74, 6) is 0.441. The van der Waals surface area contributed by atoms with Crippen LogP contribution in [-0.2, 0) is 9.59 Å². The van der Waals surface area contributed by atoms with E-state index in [1.807, 2.05) is 11.8 Å². The second kappa shape index (κ2) is 8.27. The van der Waals surface area contributed by atoms with Crippen molar-refractivity contribution < 1.29 is 9.59 Å². The van der Waals surface area contributed by atoms with Gasteiger partial charge in [-0.1, -0.05) is 0 Å². The third kappa shape index (κ3) is 4.91. The molecule has 2 saturated heterocycles. The Labute approximate surface area is 144 Å². The molecule has 2 amide bonds. The lowest BCUT2D eigenvalue weighted by molar-refractivity contribution is -0.132. The van der Waals surface area contributed by atoms with E-state index in [1.165, 1.54) is 0 Å². The van der Waals surface area contributed by atoms with Crippen LogP contribution in [0.5, 0.6) is 0 Å². The highest BCUT2D eigenvalue weighted by Gasteiger charge is 2.30. The van der Waals surface area contributed by atoms with E-state index >= 15 is 0 Å². The van der Waals surface area contributed by atoms with Gasteiger partial charge in [-0.2, -0.15) is 0 Å². The second-order valence-electron chi connectivity index (χ2n) is 7.22. The van der Waals surface area contributed by atoms with Crippen molar-refractivity contribution in [1.29, 1.82) is 0 Å². The van der Waals surface area contributed by atoms with Crippen LogP contribution in [0.4, 0.5) is 0 Å². The minimum atomic E-state index is -0.0461. The molecule has 136 valence electrons. The Morgan fingerprint density at radius 1 is 1.08 bits per heavy atom. The summed E-state index contributed by atoms with van der Waals surface area (Å²) >= 11 is 0. The molecule has 3 fully saturated rings. The summed E-state index contributed by atoms with van der Waals surface area (Å²) in [7, 11) is 0. The van der Waals surface area contributed by atoms with Gasteiger partial charge in [0.1, 0.15) is 0 Å². The summed E-state index contributed by atoms with van der Waals surface area (Å²) in [6.45, 7) is 10.0. The fourth-order valence-corrected chi connectivity index (χ4v) is 3.42. The molecule has 7 nitrogen and oxygen atoms in total. The summed E-state index contributed by atoms with van der Waals surface area (Å²) in [4.78, 5) is 30.9. The number of carbonyl (C=O) groups excluding carboxylic acids is 2. The predicted molar refractivity (Wildman–Crippen MR) is 92.7 cm³/mol. The van der Waals surface area contributed by atoms with Crippen LogP contribution in [0.3, 0.4) is 0 Å². The molecular weight excluding hydrogens is 306 g/mol. The maximum Gasteiger partial charge on any atom is 0.237 e. The first-order valence-corrected chi connectivity index (χ1v) is 9.39. The molecule has 1 saturated carbocycles. The van der Waals surface area contributed by atoms with Crippen LogP contribution < -0.4 is 10.6 Å². The van der Waals surface area contributed by atoms with Gasteiger partial charge in [-0.05, 0) is 19.8 Å². The SMILES string of the molecule is CC(C(=O)NC1CC1)N1CCN(CCC(=O)N2CCNCC2)CC1. The molecule has 0 aromatic carbocycles. The number of carbonyl (C=O) groups is 2. The largest absolute Gasteiger partial charge is 0.352 e. The van der Waals surface area contributed by atoms with E-state index in [0.29, 0.717) is 12.5 Å². The average Bonchev–Trinajstić information content (AvgIpc) is 3.44. The van der Waals surface area contributed by atoms with E-state index in [0.717, 1.165) is 71.7 Å². The normalized spacial score (nSPS) is 24.6. The zero-order chi connectivity index (χ0) is 16.9. The Kier molecular flexibility index (Phi) is 6.08. The minimum absolute atomic E-state index is 0.0461. The number of amides is 2. The molecule has 1 unspecified atom stereocenters. The Morgan fingerprint density at radius 3 is 2.38 bits per heavy atom. The van der Waals surface area contributed by atoms with Crippen molar-refractivity contribution in [1.82, 2.24) is 25.3 Å². The lowest BCUT2D eigenvalue weighted by Crippen LogP contribution is -2.54. The van der Waals surface area contributed by atoms with Crippen molar-refractivity contribution >= 4 is 11.8 Å². The van der Waals surface area contributed by atoms with E-state index in [4.69, 9.17) is 0 Å². The molecule has 3 aliphatic rings. The molecule has 0 radical (unpaired) electrons. The first-order chi connectivity index (χ1) is 11.6. The molecule has 1 aliphatic carbocycles. The molecule has 7 heteroatoms. The fraction of sp³-hybridized carbons (Fsp3) is 0.882. The number of nitrogens with zero attached hydrogens (tertiary/aromatic N) is 3. The predicted octanol–water partition coefficient (Wildman–Crippen LogP) is -0.907. The summed E-state index contributed by atoms with van der Waals surface area (Å²) < 4.78 is 0. The average molecular weight is 337 g/mol. The standard InChI is InChI=1S/C17H31N5O2/c1-14(17(24)19-15-2-3-15)21-12-10-20(11-13-21)7-4-16(23)22-8-5-18-6-9-22/h14-15,18H,2-13H2,1H3,(H,19,24). The zero-order valence-electron chi connectivity index (χ0n) is 14.8. The van der Waals surface area contributed by atoms with Gasteiger partial charge in [-0.25, -0.2) is 0 Å². The quantitative estimate of drug-likeness (QED) is 0.657. The van der Waals surface area contributed by atoms with Crippen LogP contribution >= 0.6 is 0 Å². The van der Waals surface area contributed by atoms with Gasteiger partial charge in [0.05, 0.1) is 6.04 Å². The Morgan fingerprint density at radius 2 is 1.75 bits per heavy atom. The summed E-state index contributed by atoms with van der Waals surface area (Å²) in [5, 5.41) is 6.36. The Balaban J connectivity index is 1.34. The van der Waals surface area contributed by atoms with E-state index in [1.54, 1.807) is 0 Å². The van der Waals surface area contributed by atoms with Gasteiger partial charge in [0, 0.05) is 71.4 Å². The lowest BCUT2D eigenvalue weighted by atomic mass is 10.2. The van der Waals surface area contributed by atoms with Gasteiger partial charge >= 0.3 is 0 Å². The number of rotatable bonds is 6. The van der Waals surface area contributed by atoms with Gasteiger partial charge in [0.25, 0.3) is 0 Å². The maximum absolute atomic E-state index is 12.2. The molecule has 2 heterocycles. The van der Waals surface area contributed by atoms with Crippen molar-refractivity contribution in [3.63, 3.8) is 0 Å². The molecule has 0 aromatic rings. The third-order valence-electron chi connectivity index (χ3n) is 5.37. The van der Waals surface area contributed by atoms with Crippen LogP contribution in [0.2, 0.25) is 0 Å². The molecule has 2 aliphatic heterocycles. The minimum Gasteiger partial charge on any atom is -0.352 e. The molecule has 1 atom stereocenters. The second-order valence-corrected chi connectivity index (χ2v) is 7.22. The van der Waals surface area contributed by atoms with Crippen molar-refractivity contribution in [3.05, 3.63) is 0 Å². The highest BCUT2D eigenvalue weighted by atomic mass is 16.2. The van der Waals surface area contributed by atoms with Crippen LogP contribution in [0, 0.1) is 0 Å². The molecule has 3 rings (SSSR count). The molecule has 0 spiro atoms. The summed E-state index contributed by atoms with van der Waals surface area (Å²) in [5.41, 5.74) is 0. The molecule has 2 N–H and O–H groups in total. The monoisotopic (exact) mass is 337 g/mol. The van der Waals surface area contributed by atoms with E-state index < -0.39 is 0 Å². The van der Waals surface area contributed by atoms with E-state index in [9.17, 15) is 9.59 Å².